The van der Waals surface area contributed by atoms with Crippen molar-refractivity contribution in [1.29, 1.82) is 0 Å². The number of fused-ring (bicyclic) bond motifs is 5. The minimum Gasteiger partial charge on any atom is -0.324 e. The van der Waals surface area contributed by atoms with Crippen molar-refractivity contribution in [3.05, 3.63) is 0 Å². The van der Waals surface area contributed by atoms with Gasteiger partial charge in [-0.3, -0.25) is 4.79 Å². The van der Waals surface area contributed by atoms with Gasteiger partial charge >= 0.3 is 0 Å². The van der Waals surface area contributed by atoms with Crippen LogP contribution in [0, 0.1) is 34.5 Å². The summed E-state index contributed by atoms with van der Waals surface area (Å²) in [5, 5.41) is 0. The lowest BCUT2D eigenvalue weighted by Gasteiger charge is -2.61. The molecule has 1 aliphatic heterocycles. The largest absolute Gasteiger partial charge is 0.324 e. The Kier molecular flexibility index (Phi) is 3.96. The molecule has 4 aliphatic carbocycles. The van der Waals surface area contributed by atoms with Crippen LogP contribution in [0.5, 0.6) is 0 Å². The topological polar surface area (TPSA) is 17.1 Å². The summed E-state index contributed by atoms with van der Waals surface area (Å²) < 4.78 is 1.38. The fourth-order valence-electron chi connectivity index (χ4n) is 9.00. The summed E-state index contributed by atoms with van der Waals surface area (Å²) in [6.45, 7) is 7.87. The van der Waals surface area contributed by atoms with Gasteiger partial charge in [-0.2, -0.15) is 0 Å². The summed E-state index contributed by atoms with van der Waals surface area (Å²) >= 11 is 0. The van der Waals surface area contributed by atoms with Gasteiger partial charge in [0.15, 0.2) is 0 Å². The standard InChI is InChI=1S/C24H40NO/c1-23-12-10-18(25(3)14-4-5-15-25)16-17(23)6-7-19-20-8-9-22(26)24(20,2)13-11-21(19)23/h17-21H,4-16H2,1-3H3/q+1. The van der Waals surface area contributed by atoms with Gasteiger partial charge in [0.25, 0.3) is 0 Å². The quantitative estimate of drug-likeness (QED) is 0.588. The SMILES string of the molecule is CC12CCC3C(CCC4CC([N+]5(C)CCCC5)CCC43C)C1CCC2=O. The molecule has 0 radical (unpaired) electrons. The highest BCUT2D eigenvalue weighted by Crippen LogP contribution is 2.65. The van der Waals surface area contributed by atoms with Gasteiger partial charge in [0.05, 0.1) is 26.2 Å². The molecule has 146 valence electrons. The highest BCUT2D eigenvalue weighted by Gasteiger charge is 2.61. The highest BCUT2D eigenvalue weighted by atomic mass is 16.1. The van der Waals surface area contributed by atoms with Crippen LogP contribution >= 0.6 is 0 Å². The predicted octanol–water partition coefficient (Wildman–Crippen LogP) is 5.21. The fraction of sp³-hybridized carbons (Fsp3) is 0.958. The lowest BCUT2D eigenvalue weighted by Crippen LogP contribution is -2.58. The molecule has 0 spiro atoms. The van der Waals surface area contributed by atoms with Gasteiger partial charge in [-0.15, -0.1) is 0 Å². The van der Waals surface area contributed by atoms with Gasteiger partial charge < -0.3 is 4.48 Å². The minimum atomic E-state index is 0.0514. The van der Waals surface area contributed by atoms with Crippen molar-refractivity contribution in [1.82, 2.24) is 0 Å². The first-order chi connectivity index (χ1) is 12.4. The van der Waals surface area contributed by atoms with Crippen LogP contribution in [0.3, 0.4) is 0 Å². The van der Waals surface area contributed by atoms with E-state index in [0.29, 0.717) is 17.1 Å². The number of ketones is 1. The zero-order chi connectivity index (χ0) is 18.2. The summed E-state index contributed by atoms with van der Waals surface area (Å²) in [6.07, 6.45) is 14.8. The van der Waals surface area contributed by atoms with Crippen LogP contribution in [0.1, 0.15) is 84.5 Å². The molecule has 1 saturated heterocycles. The van der Waals surface area contributed by atoms with E-state index in [4.69, 9.17) is 0 Å². The highest BCUT2D eigenvalue weighted by molar-refractivity contribution is 5.87. The Morgan fingerprint density at radius 2 is 1.69 bits per heavy atom. The molecule has 0 aromatic heterocycles. The van der Waals surface area contributed by atoms with Gasteiger partial charge in [-0.1, -0.05) is 13.8 Å². The molecule has 0 N–H and O–H groups in total. The van der Waals surface area contributed by atoms with Crippen molar-refractivity contribution in [3.8, 4) is 0 Å². The van der Waals surface area contributed by atoms with E-state index in [-0.39, 0.29) is 5.41 Å². The summed E-state index contributed by atoms with van der Waals surface area (Å²) in [6, 6.07) is 0.939. The van der Waals surface area contributed by atoms with Crippen LogP contribution in [-0.2, 0) is 4.79 Å². The van der Waals surface area contributed by atoms with Crippen LogP contribution in [-0.4, -0.2) is 36.4 Å². The van der Waals surface area contributed by atoms with E-state index in [1.54, 1.807) is 0 Å². The third-order valence-electron chi connectivity index (χ3n) is 10.8. The second kappa shape index (κ2) is 5.82. The molecule has 2 heteroatoms. The molecule has 0 aromatic rings. The second-order valence-corrected chi connectivity index (χ2v) is 11.6. The average Bonchev–Trinajstić information content (AvgIpc) is 3.19. The second-order valence-electron chi connectivity index (χ2n) is 11.6. The Morgan fingerprint density at radius 3 is 2.46 bits per heavy atom. The third-order valence-corrected chi connectivity index (χ3v) is 10.8. The Labute approximate surface area is 160 Å². The van der Waals surface area contributed by atoms with Crippen LogP contribution in [0.2, 0.25) is 0 Å². The molecular formula is C24H40NO+. The summed E-state index contributed by atoms with van der Waals surface area (Å²) in [5.74, 6) is 4.04. The zero-order valence-corrected chi connectivity index (χ0v) is 17.4. The predicted molar refractivity (Wildman–Crippen MR) is 106 cm³/mol. The van der Waals surface area contributed by atoms with Crippen molar-refractivity contribution >= 4 is 5.78 Å². The summed E-state index contributed by atoms with van der Waals surface area (Å²) in [4.78, 5) is 12.6. The van der Waals surface area contributed by atoms with Crippen molar-refractivity contribution in [2.75, 3.05) is 20.1 Å². The van der Waals surface area contributed by atoms with Gasteiger partial charge in [-0.05, 0) is 74.0 Å². The molecule has 5 aliphatic rings. The third kappa shape index (κ3) is 2.29. The van der Waals surface area contributed by atoms with E-state index in [0.717, 1.165) is 30.2 Å². The number of quaternary nitrogens is 1. The van der Waals surface area contributed by atoms with E-state index in [2.05, 4.69) is 20.9 Å². The van der Waals surface area contributed by atoms with E-state index >= 15 is 0 Å². The Balaban J connectivity index is 1.37. The number of hydrogen-bond donors (Lipinski definition) is 0. The van der Waals surface area contributed by atoms with Crippen LogP contribution in [0.4, 0.5) is 0 Å². The molecular weight excluding hydrogens is 318 g/mol. The van der Waals surface area contributed by atoms with Crippen LogP contribution in [0.15, 0.2) is 0 Å². The lowest BCUT2D eigenvalue weighted by molar-refractivity contribution is -0.924. The maximum Gasteiger partial charge on any atom is 0.139 e. The Hall–Kier alpha value is -0.370. The van der Waals surface area contributed by atoms with E-state index < -0.39 is 0 Å². The number of likely N-dealkylation sites (tertiary alicyclic amines) is 1. The molecule has 1 heterocycles. The minimum absolute atomic E-state index is 0.0514. The summed E-state index contributed by atoms with van der Waals surface area (Å²) in [7, 11) is 2.56. The molecule has 0 aromatic carbocycles. The van der Waals surface area contributed by atoms with Crippen molar-refractivity contribution in [3.63, 3.8) is 0 Å². The number of rotatable bonds is 1. The number of hydrogen-bond acceptors (Lipinski definition) is 1. The first kappa shape index (κ1) is 17.7. The molecule has 7 atom stereocenters. The zero-order valence-electron chi connectivity index (χ0n) is 17.4. The van der Waals surface area contributed by atoms with Gasteiger partial charge in [0.1, 0.15) is 5.78 Å². The number of Topliss-reactive ketones (excluding diaryl/α,β-unsaturated/α-hetero) is 1. The normalized spacial score (nSPS) is 53.0. The van der Waals surface area contributed by atoms with E-state index in [1.165, 1.54) is 81.8 Å². The number of carbonyl (C=O) groups is 1. The molecule has 26 heavy (non-hydrogen) atoms. The van der Waals surface area contributed by atoms with E-state index in [9.17, 15) is 4.79 Å². The molecule has 4 saturated carbocycles. The maximum absolute atomic E-state index is 12.6. The number of nitrogens with zero attached hydrogens (tertiary/aromatic N) is 1. The van der Waals surface area contributed by atoms with Crippen molar-refractivity contribution in [2.45, 2.75) is 90.5 Å². The average molecular weight is 359 g/mol. The molecule has 2 nitrogen and oxygen atoms in total. The fourth-order valence-corrected chi connectivity index (χ4v) is 9.00. The molecule has 0 bridgehead atoms. The van der Waals surface area contributed by atoms with Crippen LogP contribution in [0.25, 0.3) is 0 Å². The van der Waals surface area contributed by atoms with Crippen molar-refractivity contribution < 1.29 is 9.28 Å². The maximum atomic E-state index is 12.6. The Bertz CT molecular complexity index is 593. The Morgan fingerprint density at radius 1 is 0.923 bits per heavy atom. The molecule has 5 fully saturated rings. The van der Waals surface area contributed by atoms with Gasteiger partial charge in [-0.25, -0.2) is 0 Å². The van der Waals surface area contributed by atoms with Crippen molar-refractivity contribution in [2.24, 2.45) is 34.5 Å². The van der Waals surface area contributed by atoms with E-state index in [1.807, 2.05) is 0 Å². The smallest absolute Gasteiger partial charge is 0.139 e. The number of carbonyl (C=O) groups excluding carboxylic acids is 1. The lowest BCUT2D eigenvalue weighted by atomic mass is 9.45. The first-order valence-electron chi connectivity index (χ1n) is 11.7. The van der Waals surface area contributed by atoms with Gasteiger partial charge in [0, 0.05) is 31.1 Å². The monoisotopic (exact) mass is 358 g/mol. The van der Waals surface area contributed by atoms with Crippen LogP contribution < -0.4 is 0 Å². The summed E-state index contributed by atoms with van der Waals surface area (Å²) in [5.41, 5.74) is 0.626. The molecule has 0 amide bonds. The first-order valence-corrected chi connectivity index (χ1v) is 11.7. The molecule has 5 rings (SSSR count). The van der Waals surface area contributed by atoms with Gasteiger partial charge in [0.2, 0.25) is 0 Å². The molecule has 7 unspecified atom stereocenters.